The minimum atomic E-state index is -0.366. The number of carbonyl (C=O) groups is 1. The predicted octanol–water partition coefficient (Wildman–Crippen LogP) is 2.37. The first-order chi connectivity index (χ1) is 11.3. The second kappa shape index (κ2) is 6.84. The number of hydrazine groups is 1. The number of amides is 1. The van der Waals surface area contributed by atoms with Crippen molar-refractivity contribution < 1.29 is 9.53 Å². The zero-order valence-electron chi connectivity index (χ0n) is 12.2. The molecule has 2 heterocycles. The van der Waals surface area contributed by atoms with Crippen molar-refractivity contribution >= 4 is 23.2 Å². The normalized spacial score (nSPS) is 10.1. The molecular formula is C15H13N5O2S. The van der Waals surface area contributed by atoms with Crippen molar-refractivity contribution in [2.45, 2.75) is 0 Å². The summed E-state index contributed by atoms with van der Waals surface area (Å²) in [6.45, 7) is 0. The summed E-state index contributed by atoms with van der Waals surface area (Å²) >= 11 is 1.37. The number of ether oxygens (including phenoxy) is 1. The van der Waals surface area contributed by atoms with Crippen LogP contribution in [0, 0.1) is 0 Å². The molecule has 0 unspecified atom stereocenters. The van der Waals surface area contributed by atoms with Crippen LogP contribution >= 0.6 is 11.3 Å². The maximum atomic E-state index is 12.1. The number of hydrogen-bond donors (Lipinski definition) is 2. The minimum absolute atomic E-state index is 0.305. The number of aromatic nitrogens is 3. The summed E-state index contributed by atoms with van der Waals surface area (Å²) in [6, 6.07) is 9.22. The smallest absolute Gasteiger partial charge is 0.289 e. The molecule has 8 heteroatoms. The van der Waals surface area contributed by atoms with Crippen LogP contribution in [-0.4, -0.2) is 28.0 Å². The van der Waals surface area contributed by atoms with Crippen molar-refractivity contribution in [2.24, 2.45) is 0 Å². The highest BCUT2D eigenvalue weighted by Crippen LogP contribution is 2.31. The number of nitrogens with one attached hydrogen (secondary N) is 2. The lowest BCUT2D eigenvalue weighted by Gasteiger charge is -2.05. The first-order valence-corrected chi connectivity index (χ1v) is 7.58. The van der Waals surface area contributed by atoms with E-state index in [0.717, 1.165) is 5.56 Å². The second-order valence-electron chi connectivity index (χ2n) is 4.39. The number of anilines is 1. The van der Waals surface area contributed by atoms with E-state index in [1.54, 1.807) is 30.9 Å². The third-order valence-electron chi connectivity index (χ3n) is 2.93. The lowest BCUT2D eigenvalue weighted by atomic mass is 10.2. The maximum absolute atomic E-state index is 12.1. The van der Waals surface area contributed by atoms with Crippen molar-refractivity contribution in [2.75, 3.05) is 12.5 Å². The third kappa shape index (κ3) is 3.43. The van der Waals surface area contributed by atoms with Crippen molar-refractivity contribution in [3.05, 3.63) is 53.8 Å². The van der Waals surface area contributed by atoms with Gasteiger partial charge < -0.3 is 4.74 Å². The van der Waals surface area contributed by atoms with E-state index in [4.69, 9.17) is 4.74 Å². The zero-order valence-corrected chi connectivity index (χ0v) is 13.0. The lowest BCUT2D eigenvalue weighted by Crippen LogP contribution is -2.30. The van der Waals surface area contributed by atoms with Gasteiger partial charge in [-0.25, -0.2) is 15.0 Å². The molecule has 7 nitrogen and oxygen atoms in total. The van der Waals surface area contributed by atoms with Gasteiger partial charge in [-0.2, -0.15) is 0 Å². The molecule has 0 saturated carbocycles. The zero-order chi connectivity index (χ0) is 16.1. The van der Waals surface area contributed by atoms with Crippen molar-refractivity contribution in [1.29, 1.82) is 0 Å². The number of para-hydroxylation sites is 1. The summed E-state index contributed by atoms with van der Waals surface area (Å²) in [4.78, 5) is 24.3. The Morgan fingerprint density at radius 2 is 1.96 bits per heavy atom. The molecule has 3 rings (SSSR count). The van der Waals surface area contributed by atoms with E-state index in [1.807, 2.05) is 24.3 Å². The molecule has 2 N–H and O–H groups in total. The topological polar surface area (TPSA) is 89.0 Å². The van der Waals surface area contributed by atoms with Gasteiger partial charge in [-0.15, -0.1) is 11.3 Å². The van der Waals surface area contributed by atoms with Crippen LogP contribution in [0.1, 0.15) is 10.5 Å². The Morgan fingerprint density at radius 1 is 1.17 bits per heavy atom. The Labute approximate surface area is 136 Å². The molecular weight excluding hydrogens is 314 g/mol. The van der Waals surface area contributed by atoms with Gasteiger partial charge in [0.2, 0.25) is 5.95 Å². The van der Waals surface area contributed by atoms with Crippen LogP contribution < -0.4 is 15.6 Å². The van der Waals surface area contributed by atoms with Gasteiger partial charge in [0, 0.05) is 17.8 Å². The summed E-state index contributed by atoms with van der Waals surface area (Å²) in [5.74, 6) is 0.653. The van der Waals surface area contributed by atoms with E-state index >= 15 is 0 Å². The van der Waals surface area contributed by atoms with Gasteiger partial charge in [0.1, 0.15) is 16.5 Å². The standard InChI is InChI=1S/C15H13N5O2S/c1-22-12-6-3-2-5-10(12)14-18-11(9-23-14)13(21)19-20-15-16-7-4-8-17-15/h2-9H,1H3,(H,19,21)(H,16,17,20). The number of methoxy groups -OCH3 is 1. The molecule has 0 fully saturated rings. The highest BCUT2D eigenvalue weighted by molar-refractivity contribution is 7.13. The second-order valence-corrected chi connectivity index (χ2v) is 5.25. The molecule has 0 spiro atoms. The Kier molecular flexibility index (Phi) is 4.44. The molecule has 3 aromatic rings. The SMILES string of the molecule is COc1ccccc1-c1nc(C(=O)NNc2ncccn2)cs1. The Bertz CT molecular complexity index is 806. The average molecular weight is 327 g/mol. The van der Waals surface area contributed by atoms with Crippen LogP contribution in [0.15, 0.2) is 48.1 Å². The van der Waals surface area contributed by atoms with E-state index in [2.05, 4.69) is 25.8 Å². The number of thiazole rings is 1. The van der Waals surface area contributed by atoms with Gasteiger partial charge in [0.15, 0.2) is 0 Å². The molecule has 0 aliphatic rings. The number of nitrogens with zero attached hydrogens (tertiary/aromatic N) is 3. The van der Waals surface area contributed by atoms with Crippen LogP contribution in [0.5, 0.6) is 5.75 Å². The van der Waals surface area contributed by atoms with Crippen LogP contribution in [-0.2, 0) is 0 Å². The molecule has 0 saturated heterocycles. The summed E-state index contributed by atoms with van der Waals surface area (Å²) in [5, 5.41) is 2.40. The molecule has 1 amide bonds. The first-order valence-electron chi connectivity index (χ1n) is 6.70. The fraction of sp³-hybridized carbons (Fsp3) is 0.0667. The van der Waals surface area contributed by atoms with Gasteiger partial charge >= 0.3 is 0 Å². The molecule has 1 aromatic carbocycles. The molecule has 0 aliphatic carbocycles. The van der Waals surface area contributed by atoms with E-state index in [0.29, 0.717) is 22.4 Å². The van der Waals surface area contributed by atoms with Crippen molar-refractivity contribution in [3.63, 3.8) is 0 Å². The monoisotopic (exact) mass is 327 g/mol. The third-order valence-corrected chi connectivity index (χ3v) is 3.80. The summed E-state index contributed by atoms with van der Waals surface area (Å²) in [7, 11) is 1.60. The van der Waals surface area contributed by atoms with Gasteiger partial charge in [-0.05, 0) is 18.2 Å². The van der Waals surface area contributed by atoms with Crippen LogP contribution in [0.3, 0.4) is 0 Å². The summed E-state index contributed by atoms with van der Waals surface area (Å²) in [5.41, 5.74) is 6.29. The Balaban J connectivity index is 1.72. The number of carbonyl (C=O) groups excluding carboxylic acids is 1. The predicted molar refractivity (Wildman–Crippen MR) is 87.2 cm³/mol. The highest BCUT2D eigenvalue weighted by Gasteiger charge is 2.14. The quantitative estimate of drug-likeness (QED) is 0.699. The number of benzene rings is 1. The van der Waals surface area contributed by atoms with E-state index in [-0.39, 0.29) is 5.91 Å². The molecule has 0 bridgehead atoms. The molecule has 23 heavy (non-hydrogen) atoms. The average Bonchev–Trinajstić information content (AvgIpc) is 3.10. The fourth-order valence-corrected chi connectivity index (χ4v) is 2.69. The Morgan fingerprint density at radius 3 is 2.74 bits per heavy atom. The van der Waals surface area contributed by atoms with Crippen LogP contribution in [0.4, 0.5) is 5.95 Å². The lowest BCUT2D eigenvalue weighted by molar-refractivity contribution is 0.0958. The molecule has 2 aromatic heterocycles. The van der Waals surface area contributed by atoms with E-state index < -0.39 is 0 Å². The molecule has 0 aliphatic heterocycles. The fourth-order valence-electron chi connectivity index (χ4n) is 1.86. The molecule has 0 atom stereocenters. The van der Waals surface area contributed by atoms with Gasteiger partial charge in [0.05, 0.1) is 12.7 Å². The maximum Gasteiger partial charge on any atom is 0.289 e. The van der Waals surface area contributed by atoms with Gasteiger partial charge in [0.25, 0.3) is 5.91 Å². The van der Waals surface area contributed by atoms with Crippen LogP contribution in [0.25, 0.3) is 10.6 Å². The van der Waals surface area contributed by atoms with Crippen molar-refractivity contribution in [3.8, 4) is 16.3 Å². The molecule has 116 valence electrons. The van der Waals surface area contributed by atoms with Crippen molar-refractivity contribution in [1.82, 2.24) is 20.4 Å². The highest BCUT2D eigenvalue weighted by atomic mass is 32.1. The summed E-state index contributed by atoms with van der Waals surface area (Å²) in [6.07, 6.45) is 3.15. The number of rotatable bonds is 5. The largest absolute Gasteiger partial charge is 0.496 e. The Hall–Kier alpha value is -3.00. The van der Waals surface area contributed by atoms with Crippen LogP contribution in [0.2, 0.25) is 0 Å². The van der Waals surface area contributed by atoms with Gasteiger partial charge in [-0.1, -0.05) is 12.1 Å². The molecule has 0 radical (unpaired) electrons. The number of hydrogen-bond acceptors (Lipinski definition) is 7. The van der Waals surface area contributed by atoms with Gasteiger partial charge in [-0.3, -0.25) is 15.6 Å². The van der Waals surface area contributed by atoms with E-state index in [1.165, 1.54) is 11.3 Å². The minimum Gasteiger partial charge on any atom is -0.496 e. The first kappa shape index (κ1) is 14.9. The van der Waals surface area contributed by atoms with E-state index in [9.17, 15) is 4.79 Å². The summed E-state index contributed by atoms with van der Waals surface area (Å²) < 4.78 is 5.31.